The number of hydrogen-bond donors (Lipinski definition) is 3. The SMILES string of the molecule is CN(C)CCCc1ccc(OC(F)(F)F)c(Nc2ncc3c(n2)-c2ccc(Cl)cc2NC(=S)C3)c1.O=CO. The quantitative estimate of drug-likeness (QED) is 0.237. The Morgan fingerprint density at radius 2 is 2.00 bits per heavy atom. The number of aromatic nitrogens is 2. The monoisotopic (exact) mass is 567 g/mol. The molecule has 0 amide bonds. The number of alkyl halides is 3. The zero-order valence-electron chi connectivity index (χ0n) is 20.5. The fourth-order valence-corrected chi connectivity index (χ4v) is 4.22. The summed E-state index contributed by atoms with van der Waals surface area (Å²) in [6.45, 7) is 0.608. The van der Waals surface area contributed by atoms with Crippen molar-refractivity contribution in [2.45, 2.75) is 25.6 Å². The van der Waals surface area contributed by atoms with Crippen molar-refractivity contribution in [3.63, 3.8) is 0 Å². The van der Waals surface area contributed by atoms with Gasteiger partial charge in [-0.3, -0.25) is 4.79 Å². The number of rotatable bonds is 7. The Labute approximate surface area is 227 Å². The molecule has 0 atom stereocenters. The maximum Gasteiger partial charge on any atom is 0.573 e. The number of anilines is 3. The smallest absolute Gasteiger partial charge is 0.483 e. The number of thiocarbonyl (C=S) groups is 1. The predicted octanol–water partition coefficient (Wildman–Crippen LogP) is 5.93. The summed E-state index contributed by atoms with van der Waals surface area (Å²) in [7, 11) is 3.94. The van der Waals surface area contributed by atoms with Gasteiger partial charge in [-0.2, -0.15) is 0 Å². The van der Waals surface area contributed by atoms with E-state index in [-0.39, 0.29) is 23.9 Å². The Morgan fingerprint density at radius 1 is 1.26 bits per heavy atom. The Bertz CT molecular complexity index is 1310. The number of aryl methyl sites for hydroxylation is 1. The summed E-state index contributed by atoms with van der Waals surface area (Å²) in [6, 6.07) is 9.88. The highest BCUT2D eigenvalue weighted by Crippen LogP contribution is 2.37. The number of carboxylic acid groups (broad SMARTS) is 1. The molecule has 202 valence electrons. The van der Waals surface area contributed by atoms with Crippen LogP contribution in [0.25, 0.3) is 11.3 Å². The lowest BCUT2D eigenvalue weighted by atomic mass is 10.1. The van der Waals surface area contributed by atoms with Gasteiger partial charge in [0.15, 0.2) is 5.75 Å². The third kappa shape index (κ3) is 8.27. The van der Waals surface area contributed by atoms with Crippen LogP contribution in [0.2, 0.25) is 5.02 Å². The van der Waals surface area contributed by atoms with Gasteiger partial charge < -0.3 is 25.4 Å². The van der Waals surface area contributed by atoms with E-state index < -0.39 is 6.36 Å². The lowest BCUT2D eigenvalue weighted by molar-refractivity contribution is -0.274. The Balaban J connectivity index is 0.00000127. The third-order valence-electron chi connectivity index (χ3n) is 5.31. The molecule has 1 aliphatic rings. The van der Waals surface area contributed by atoms with E-state index in [1.807, 2.05) is 20.2 Å². The fourth-order valence-electron chi connectivity index (χ4n) is 3.79. The Hall–Kier alpha value is -3.48. The summed E-state index contributed by atoms with van der Waals surface area (Å²) >= 11 is 11.6. The van der Waals surface area contributed by atoms with Crippen molar-refractivity contribution in [2.75, 3.05) is 31.3 Å². The summed E-state index contributed by atoms with van der Waals surface area (Å²) in [4.78, 5) is 19.9. The van der Waals surface area contributed by atoms with Crippen LogP contribution in [0.1, 0.15) is 17.5 Å². The summed E-state index contributed by atoms with van der Waals surface area (Å²) in [5.74, 6) is -0.225. The summed E-state index contributed by atoms with van der Waals surface area (Å²) in [6.07, 6.45) is -1.25. The molecule has 0 fully saturated rings. The molecule has 3 N–H and O–H groups in total. The summed E-state index contributed by atoms with van der Waals surface area (Å²) in [5.41, 5.74) is 3.87. The molecule has 8 nitrogen and oxygen atoms in total. The van der Waals surface area contributed by atoms with Gasteiger partial charge in [-0.1, -0.05) is 29.9 Å². The molecule has 0 saturated heterocycles. The van der Waals surface area contributed by atoms with Crippen LogP contribution in [0.3, 0.4) is 0 Å². The van der Waals surface area contributed by atoms with Gasteiger partial charge >= 0.3 is 6.36 Å². The summed E-state index contributed by atoms with van der Waals surface area (Å²) in [5, 5.41) is 13.5. The van der Waals surface area contributed by atoms with Crippen LogP contribution in [0.4, 0.5) is 30.5 Å². The van der Waals surface area contributed by atoms with Crippen molar-refractivity contribution in [1.29, 1.82) is 0 Å². The van der Waals surface area contributed by atoms with Crippen LogP contribution in [0.15, 0.2) is 42.6 Å². The van der Waals surface area contributed by atoms with E-state index in [0.29, 0.717) is 34.2 Å². The number of benzene rings is 2. The van der Waals surface area contributed by atoms with Crippen LogP contribution in [-0.4, -0.2) is 58.4 Å². The minimum absolute atomic E-state index is 0.128. The van der Waals surface area contributed by atoms with Gasteiger partial charge in [-0.15, -0.1) is 13.2 Å². The maximum absolute atomic E-state index is 13.0. The van der Waals surface area contributed by atoms with Crippen LogP contribution >= 0.6 is 23.8 Å². The normalized spacial score (nSPS) is 12.3. The highest BCUT2D eigenvalue weighted by atomic mass is 35.5. The van der Waals surface area contributed by atoms with E-state index in [4.69, 9.17) is 33.7 Å². The number of hydrogen-bond acceptors (Lipinski definition) is 7. The minimum atomic E-state index is -4.84. The van der Waals surface area contributed by atoms with Crippen molar-refractivity contribution in [3.8, 4) is 17.0 Å². The zero-order chi connectivity index (χ0) is 27.9. The van der Waals surface area contributed by atoms with E-state index in [0.717, 1.165) is 29.7 Å². The number of ether oxygens (including phenoxy) is 1. The van der Waals surface area contributed by atoms with E-state index in [2.05, 4.69) is 30.2 Å². The Morgan fingerprint density at radius 3 is 2.68 bits per heavy atom. The van der Waals surface area contributed by atoms with Crippen molar-refractivity contribution in [1.82, 2.24) is 14.9 Å². The van der Waals surface area contributed by atoms with E-state index in [1.165, 1.54) is 6.07 Å². The molecule has 0 spiro atoms. The van der Waals surface area contributed by atoms with Gasteiger partial charge in [0.2, 0.25) is 5.95 Å². The maximum atomic E-state index is 13.0. The number of halogens is 4. The van der Waals surface area contributed by atoms with Crippen molar-refractivity contribution in [2.24, 2.45) is 0 Å². The molecule has 1 aliphatic heterocycles. The molecule has 38 heavy (non-hydrogen) atoms. The number of carbonyl (C=O) groups is 1. The first-order valence-corrected chi connectivity index (χ1v) is 12.1. The van der Waals surface area contributed by atoms with Crippen LogP contribution in [0.5, 0.6) is 5.75 Å². The van der Waals surface area contributed by atoms with Gasteiger partial charge in [0.1, 0.15) is 0 Å². The summed E-state index contributed by atoms with van der Waals surface area (Å²) < 4.78 is 43.4. The second kappa shape index (κ2) is 12.9. The topological polar surface area (TPSA) is 99.6 Å². The van der Waals surface area contributed by atoms with Gasteiger partial charge in [0.25, 0.3) is 6.47 Å². The highest BCUT2D eigenvalue weighted by Gasteiger charge is 2.32. The molecular weight excluding hydrogens is 543 g/mol. The highest BCUT2D eigenvalue weighted by molar-refractivity contribution is 7.80. The first-order valence-electron chi connectivity index (χ1n) is 11.3. The van der Waals surface area contributed by atoms with E-state index >= 15 is 0 Å². The minimum Gasteiger partial charge on any atom is -0.483 e. The molecule has 2 heterocycles. The molecule has 0 unspecified atom stereocenters. The first kappa shape index (κ1) is 29.1. The third-order valence-corrected chi connectivity index (χ3v) is 5.79. The molecule has 0 bridgehead atoms. The molecule has 13 heteroatoms. The lowest BCUT2D eigenvalue weighted by Gasteiger charge is -2.16. The predicted molar refractivity (Wildman–Crippen MR) is 144 cm³/mol. The van der Waals surface area contributed by atoms with Gasteiger partial charge in [-0.05, 0) is 69.4 Å². The second-order valence-electron chi connectivity index (χ2n) is 8.50. The lowest BCUT2D eigenvalue weighted by Crippen LogP contribution is -2.18. The number of fused-ring (bicyclic) bond motifs is 3. The Kier molecular flexibility index (Phi) is 9.84. The van der Waals surface area contributed by atoms with Crippen molar-refractivity contribution >= 4 is 52.6 Å². The molecule has 0 radical (unpaired) electrons. The molecule has 3 aromatic rings. The van der Waals surface area contributed by atoms with E-state index in [9.17, 15) is 13.2 Å². The van der Waals surface area contributed by atoms with E-state index in [1.54, 1.807) is 30.5 Å². The van der Waals surface area contributed by atoms with Crippen LogP contribution in [-0.2, 0) is 17.6 Å². The molecule has 0 aliphatic carbocycles. The molecule has 2 aromatic carbocycles. The molecular formula is C25H25ClF3N5O3S. The fraction of sp³-hybridized carbons (Fsp3) is 0.280. The first-order chi connectivity index (χ1) is 18.0. The van der Waals surface area contributed by atoms with Crippen LogP contribution in [0, 0.1) is 0 Å². The van der Waals surface area contributed by atoms with Gasteiger partial charge in [-0.25, -0.2) is 9.97 Å². The molecule has 0 saturated carbocycles. The van der Waals surface area contributed by atoms with Gasteiger partial charge in [0.05, 0.1) is 16.4 Å². The number of nitrogens with one attached hydrogen (secondary N) is 2. The molecule has 1 aromatic heterocycles. The largest absolute Gasteiger partial charge is 0.573 e. The average Bonchev–Trinajstić information content (AvgIpc) is 2.94. The average molecular weight is 568 g/mol. The van der Waals surface area contributed by atoms with Gasteiger partial charge in [0, 0.05) is 34.5 Å². The number of nitrogens with zero attached hydrogens (tertiary/aromatic N) is 3. The van der Waals surface area contributed by atoms with Crippen LogP contribution < -0.4 is 15.4 Å². The zero-order valence-corrected chi connectivity index (χ0v) is 22.0. The van der Waals surface area contributed by atoms with Crippen molar-refractivity contribution < 1.29 is 27.8 Å². The standard InChI is InChI=1S/C24H23ClF3N5OS.CH2O2/c1-33(2)9-3-4-14-5-8-20(34-24(26,27)28)19(10-14)31-23-29-13-15-11-21(35)30-18-12-16(25)6-7-17(18)22(15)32-23;2-1-3/h5-8,10,12-13H,3-4,9,11H2,1-2H3,(H,30,35)(H,29,31,32);1H,(H,2,3). The molecule has 4 rings (SSSR count). The van der Waals surface area contributed by atoms with Crippen molar-refractivity contribution in [3.05, 3.63) is 58.7 Å². The second-order valence-corrected chi connectivity index (χ2v) is 9.43.